The monoisotopic (exact) mass is 434 g/mol. The summed E-state index contributed by atoms with van der Waals surface area (Å²) in [6.45, 7) is 9.21. The summed E-state index contributed by atoms with van der Waals surface area (Å²) in [7, 11) is 0. The van der Waals surface area contributed by atoms with Gasteiger partial charge in [-0.3, -0.25) is 9.59 Å². The molecule has 2 fully saturated rings. The predicted molar refractivity (Wildman–Crippen MR) is 112 cm³/mol. The van der Waals surface area contributed by atoms with E-state index in [0.29, 0.717) is 43.1 Å². The highest BCUT2D eigenvalue weighted by Gasteiger charge is 2.41. The molecule has 31 heavy (non-hydrogen) atoms. The Labute approximate surface area is 181 Å². The molecule has 2 amide bonds. The average Bonchev–Trinajstić information content (AvgIpc) is 2.73. The van der Waals surface area contributed by atoms with Gasteiger partial charge in [0.15, 0.2) is 12.2 Å². The molecule has 2 aliphatic rings. The van der Waals surface area contributed by atoms with Crippen LogP contribution in [0.3, 0.4) is 0 Å². The number of hydrogen-bond donors (Lipinski definition) is 1. The Bertz CT molecular complexity index is 843. The molecule has 0 bridgehead atoms. The first-order valence-electron chi connectivity index (χ1n) is 10.4. The van der Waals surface area contributed by atoms with Crippen molar-refractivity contribution >= 4 is 23.5 Å². The number of carbonyl (C=O) groups is 3. The molecule has 0 radical (unpaired) electrons. The number of hydrogen-bond acceptors (Lipinski definition) is 7. The molecular weight excluding hydrogens is 404 g/mol. The van der Waals surface area contributed by atoms with Crippen molar-refractivity contribution in [3.05, 3.63) is 29.3 Å². The second-order valence-electron chi connectivity index (χ2n) is 8.61. The van der Waals surface area contributed by atoms with E-state index >= 15 is 0 Å². The van der Waals surface area contributed by atoms with Crippen molar-refractivity contribution in [2.75, 3.05) is 44.4 Å². The number of nitrogens with zero attached hydrogens (tertiary/aromatic N) is 2. The van der Waals surface area contributed by atoms with E-state index in [9.17, 15) is 19.5 Å². The fourth-order valence-corrected chi connectivity index (χ4v) is 3.64. The molecule has 2 saturated heterocycles. The van der Waals surface area contributed by atoms with Crippen LogP contribution in [0.15, 0.2) is 18.2 Å². The van der Waals surface area contributed by atoms with Crippen molar-refractivity contribution in [3.8, 4) is 0 Å². The zero-order valence-corrected chi connectivity index (χ0v) is 18.4. The molecule has 2 unspecified atom stereocenters. The summed E-state index contributed by atoms with van der Waals surface area (Å²) in [5.41, 5.74) is 0.900. The molecule has 0 aliphatic carbocycles. The van der Waals surface area contributed by atoms with Crippen LogP contribution in [0.1, 0.15) is 36.7 Å². The quantitative estimate of drug-likeness (QED) is 0.702. The van der Waals surface area contributed by atoms with E-state index < -0.39 is 29.7 Å². The van der Waals surface area contributed by atoms with Gasteiger partial charge in [-0.2, -0.15) is 0 Å². The highest BCUT2D eigenvalue weighted by molar-refractivity contribution is 6.03. The molecule has 2 atom stereocenters. The number of rotatable bonds is 4. The SMILES string of the molecule is Cc1c(C(=O)N2CCOCC2)cccc1N1CCOC(C(O)C(=O)OC(C)(C)C)C1=O. The molecule has 9 heteroatoms. The topological polar surface area (TPSA) is 106 Å². The Morgan fingerprint density at radius 1 is 1.16 bits per heavy atom. The van der Waals surface area contributed by atoms with Crippen LogP contribution in [0, 0.1) is 6.92 Å². The maximum atomic E-state index is 13.1. The summed E-state index contributed by atoms with van der Waals surface area (Å²) in [6, 6.07) is 5.19. The Kier molecular flexibility index (Phi) is 6.98. The summed E-state index contributed by atoms with van der Waals surface area (Å²) >= 11 is 0. The smallest absolute Gasteiger partial charge is 0.338 e. The van der Waals surface area contributed by atoms with Gasteiger partial charge in [0.05, 0.1) is 19.8 Å². The van der Waals surface area contributed by atoms with E-state index in [1.165, 1.54) is 4.90 Å². The minimum Gasteiger partial charge on any atom is -0.458 e. The number of amides is 2. The lowest BCUT2D eigenvalue weighted by Crippen LogP contribution is -2.55. The maximum absolute atomic E-state index is 13.1. The van der Waals surface area contributed by atoms with Crippen LogP contribution in [0.25, 0.3) is 0 Å². The van der Waals surface area contributed by atoms with Crippen molar-refractivity contribution in [1.29, 1.82) is 0 Å². The van der Waals surface area contributed by atoms with Gasteiger partial charge in [0.2, 0.25) is 0 Å². The number of morpholine rings is 2. The Morgan fingerprint density at radius 3 is 2.48 bits per heavy atom. The highest BCUT2D eigenvalue weighted by Crippen LogP contribution is 2.28. The first-order valence-corrected chi connectivity index (χ1v) is 10.4. The van der Waals surface area contributed by atoms with Gasteiger partial charge in [0, 0.05) is 30.9 Å². The van der Waals surface area contributed by atoms with Crippen molar-refractivity contribution in [1.82, 2.24) is 4.90 Å². The molecule has 1 aromatic rings. The van der Waals surface area contributed by atoms with E-state index in [-0.39, 0.29) is 19.1 Å². The van der Waals surface area contributed by atoms with E-state index in [2.05, 4.69) is 0 Å². The third kappa shape index (κ3) is 5.23. The van der Waals surface area contributed by atoms with Crippen LogP contribution in [-0.2, 0) is 23.8 Å². The molecule has 2 heterocycles. The van der Waals surface area contributed by atoms with Crippen LogP contribution in [0.4, 0.5) is 5.69 Å². The minimum atomic E-state index is -1.74. The third-order valence-corrected chi connectivity index (χ3v) is 5.18. The van der Waals surface area contributed by atoms with Crippen molar-refractivity contribution in [2.24, 2.45) is 0 Å². The zero-order valence-electron chi connectivity index (χ0n) is 18.4. The molecule has 0 aromatic heterocycles. The molecule has 170 valence electrons. The van der Waals surface area contributed by atoms with Gasteiger partial charge in [-0.1, -0.05) is 6.07 Å². The van der Waals surface area contributed by atoms with Crippen LogP contribution in [0.2, 0.25) is 0 Å². The van der Waals surface area contributed by atoms with Gasteiger partial charge in [-0.25, -0.2) is 4.79 Å². The van der Waals surface area contributed by atoms with Gasteiger partial charge < -0.3 is 29.1 Å². The average molecular weight is 434 g/mol. The molecule has 1 aromatic carbocycles. The number of aliphatic hydroxyl groups is 1. The van der Waals surface area contributed by atoms with Gasteiger partial charge in [0.25, 0.3) is 11.8 Å². The molecule has 9 nitrogen and oxygen atoms in total. The number of ether oxygens (including phenoxy) is 3. The lowest BCUT2D eigenvalue weighted by molar-refractivity contribution is -0.177. The summed E-state index contributed by atoms with van der Waals surface area (Å²) in [5.74, 6) is -1.59. The summed E-state index contributed by atoms with van der Waals surface area (Å²) in [5, 5.41) is 10.4. The lowest BCUT2D eigenvalue weighted by atomic mass is 10.0. The fourth-order valence-electron chi connectivity index (χ4n) is 3.64. The first-order chi connectivity index (χ1) is 14.6. The highest BCUT2D eigenvalue weighted by atomic mass is 16.6. The Morgan fingerprint density at radius 2 is 1.84 bits per heavy atom. The van der Waals surface area contributed by atoms with Gasteiger partial charge in [-0.15, -0.1) is 0 Å². The number of carbonyl (C=O) groups excluding carboxylic acids is 3. The molecule has 3 rings (SSSR count). The zero-order chi connectivity index (χ0) is 22.8. The van der Waals surface area contributed by atoms with Gasteiger partial charge >= 0.3 is 5.97 Å². The van der Waals surface area contributed by atoms with Crippen molar-refractivity contribution in [3.63, 3.8) is 0 Å². The Hall–Kier alpha value is -2.49. The normalized spacial score (nSPS) is 21.1. The first kappa shape index (κ1) is 23.2. The molecule has 2 aliphatic heterocycles. The standard InChI is InChI=1S/C22H30N2O7/c1-14-15(19(26)23-8-11-29-12-9-23)6-5-7-16(14)24-10-13-30-18(20(24)27)17(25)21(28)31-22(2,3)4/h5-7,17-18,25H,8-13H2,1-4H3. The molecule has 0 saturated carbocycles. The number of anilines is 1. The number of esters is 1. The molecule has 0 spiro atoms. The maximum Gasteiger partial charge on any atom is 0.338 e. The summed E-state index contributed by atoms with van der Waals surface area (Å²) in [6.07, 6.45) is -3.12. The predicted octanol–water partition coefficient (Wildman–Crippen LogP) is 0.902. The van der Waals surface area contributed by atoms with Crippen LogP contribution >= 0.6 is 0 Å². The summed E-state index contributed by atoms with van der Waals surface area (Å²) in [4.78, 5) is 41.5. The van der Waals surface area contributed by atoms with Crippen molar-refractivity contribution in [2.45, 2.75) is 45.5 Å². The van der Waals surface area contributed by atoms with Crippen LogP contribution < -0.4 is 4.90 Å². The fraction of sp³-hybridized carbons (Fsp3) is 0.591. The largest absolute Gasteiger partial charge is 0.458 e. The van der Waals surface area contributed by atoms with Crippen molar-refractivity contribution < 1.29 is 33.7 Å². The van der Waals surface area contributed by atoms with E-state index in [1.54, 1.807) is 50.8 Å². The van der Waals surface area contributed by atoms with Crippen LogP contribution in [0.5, 0.6) is 0 Å². The van der Waals surface area contributed by atoms with E-state index in [1.807, 2.05) is 0 Å². The van der Waals surface area contributed by atoms with E-state index in [0.717, 1.165) is 0 Å². The minimum absolute atomic E-state index is 0.117. The van der Waals surface area contributed by atoms with Gasteiger partial charge in [-0.05, 0) is 45.4 Å². The summed E-state index contributed by atoms with van der Waals surface area (Å²) < 4.78 is 15.9. The Balaban J connectivity index is 1.81. The number of benzene rings is 1. The molecular formula is C22H30N2O7. The van der Waals surface area contributed by atoms with E-state index in [4.69, 9.17) is 14.2 Å². The lowest BCUT2D eigenvalue weighted by Gasteiger charge is -2.35. The number of aliphatic hydroxyl groups excluding tert-OH is 1. The van der Waals surface area contributed by atoms with Crippen LogP contribution in [-0.4, -0.2) is 85.1 Å². The molecule has 1 N–H and O–H groups in total. The second kappa shape index (κ2) is 9.33. The third-order valence-electron chi connectivity index (χ3n) is 5.18. The second-order valence-corrected chi connectivity index (χ2v) is 8.61. The van der Waals surface area contributed by atoms with Gasteiger partial charge in [0.1, 0.15) is 5.60 Å².